The van der Waals surface area contributed by atoms with Crippen molar-refractivity contribution in [2.75, 3.05) is 0 Å². The molecule has 2 aliphatic rings. The zero-order valence-corrected chi connectivity index (χ0v) is 12.0. The second kappa shape index (κ2) is 4.74. The lowest BCUT2D eigenvalue weighted by molar-refractivity contribution is 0.451. The van der Waals surface area contributed by atoms with Crippen molar-refractivity contribution in [3.05, 3.63) is 52.5 Å². The summed E-state index contributed by atoms with van der Waals surface area (Å²) in [7, 11) is 0. The lowest BCUT2D eigenvalue weighted by Crippen LogP contribution is -2.10. The number of fused-ring (bicyclic) bond motifs is 1. The predicted octanol–water partition coefficient (Wildman–Crippen LogP) is 4.45. The summed E-state index contributed by atoms with van der Waals surface area (Å²) < 4.78 is 0. The SMILES string of the molecule is Oc1ccc(C2C(c3nccs3)=CC3CCCC32)cc1. The van der Waals surface area contributed by atoms with Crippen molar-refractivity contribution in [1.29, 1.82) is 0 Å². The van der Waals surface area contributed by atoms with Crippen LogP contribution in [0.15, 0.2) is 41.9 Å². The van der Waals surface area contributed by atoms with E-state index in [-0.39, 0.29) is 0 Å². The van der Waals surface area contributed by atoms with Crippen LogP contribution < -0.4 is 0 Å². The highest BCUT2D eigenvalue weighted by Gasteiger charge is 2.41. The fraction of sp³-hybridized carbons (Fsp3) is 0.353. The molecule has 2 aliphatic carbocycles. The number of phenolic OH excluding ortho intramolecular Hbond substituents is 1. The van der Waals surface area contributed by atoms with Gasteiger partial charge in [-0.15, -0.1) is 11.3 Å². The second-order valence-electron chi connectivity index (χ2n) is 5.79. The molecule has 1 heterocycles. The van der Waals surface area contributed by atoms with Gasteiger partial charge in [0.15, 0.2) is 0 Å². The number of thiazole rings is 1. The van der Waals surface area contributed by atoms with E-state index in [1.165, 1.54) is 30.4 Å². The molecule has 0 bridgehead atoms. The van der Waals surface area contributed by atoms with Gasteiger partial charge in [-0.25, -0.2) is 4.98 Å². The Morgan fingerprint density at radius 1 is 1.15 bits per heavy atom. The highest BCUT2D eigenvalue weighted by atomic mass is 32.1. The van der Waals surface area contributed by atoms with Crippen LogP contribution in [0.5, 0.6) is 5.75 Å². The molecule has 0 radical (unpaired) electrons. The summed E-state index contributed by atoms with van der Waals surface area (Å²) in [4.78, 5) is 4.52. The van der Waals surface area contributed by atoms with Gasteiger partial charge in [0.05, 0.1) is 0 Å². The molecule has 2 nitrogen and oxygen atoms in total. The first kappa shape index (κ1) is 12.2. The van der Waals surface area contributed by atoms with Gasteiger partial charge in [-0.05, 0) is 47.9 Å². The average molecular weight is 283 g/mol. The Morgan fingerprint density at radius 2 is 2.00 bits per heavy atom. The lowest BCUT2D eigenvalue weighted by Gasteiger charge is -2.22. The van der Waals surface area contributed by atoms with Crippen LogP contribution in [0.4, 0.5) is 0 Å². The molecule has 20 heavy (non-hydrogen) atoms. The Hall–Kier alpha value is -1.61. The van der Waals surface area contributed by atoms with E-state index >= 15 is 0 Å². The molecule has 0 aliphatic heterocycles. The number of benzene rings is 1. The molecular weight excluding hydrogens is 266 g/mol. The van der Waals surface area contributed by atoms with Gasteiger partial charge in [0.25, 0.3) is 0 Å². The first-order valence-corrected chi connectivity index (χ1v) is 8.11. The molecule has 1 N–H and O–H groups in total. The van der Waals surface area contributed by atoms with Gasteiger partial charge in [0, 0.05) is 17.5 Å². The maximum Gasteiger partial charge on any atom is 0.119 e. The Balaban J connectivity index is 1.78. The summed E-state index contributed by atoms with van der Waals surface area (Å²) in [5.74, 6) is 2.23. The summed E-state index contributed by atoms with van der Waals surface area (Å²) in [5.41, 5.74) is 2.72. The molecule has 4 rings (SSSR count). The number of aromatic nitrogens is 1. The van der Waals surface area contributed by atoms with Crippen LogP contribution in [0.2, 0.25) is 0 Å². The van der Waals surface area contributed by atoms with E-state index in [0.29, 0.717) is 17.6 Å². The number of hydrogen-bond donors (Lipinski definition) is 1. The second-order valence-corrected chi connectivity index (χ2v) is 6.68. The zero-order valence-electron chi connectivity index (χ0n) is 11.2. The number of aromatic hydroxyl groups is 1. The summed E-state index contributed by atoms with van der Waals surface area (Å²) in [6, 6.07) is 7.75. The molecule has 0 amide bonds. The minimum absolute atomic E-state index is 0.342. The van der Waals surface area contributed by atoms with E-state index in [1.807, 2.05) is 6.20 Å². The molecule has 0 saturated heterocycles. The number of nitrogens with zero attached hydrogens (tertiary/aromatic N) is 1. The van der Waals surface area contributed by atoms with Crippen molar-refractivity contribution in [1.82, 2.24) is 4.98 Å². The third kappa shape index (κ3) is 1.88. The predicted molar refractivity (Wildman–Crippen MR) is 81.8 cm³/mol. The maximum absolute atomic E-state index is 9.51. The molecule has 1 fully saturated rings. The third-order valence-corrected chi connectivity index (χ3v) is 5.54. The van der Waals surface area contributed by atoms with E-state index in [1.54, 1.807) is 23.5 Å². The molecule has 3 atom stereocenters. The molecule has 1 aromatic carbocycles. The van der Waals surface area contributed by atoms with E-state index in [2.05, 4.69) is 28.6 Å². The first-order valence-electron chi connectivity index (χ1n) is 7.23. The topological polar surface area (TPSA) is 33.1 Å². The Kier molecular flexibility index (Phi) is 2.88. The highest BCUT2D eigenvalue weighted by molar-refractivity contribution is 7.10. The largest absolute Gasteiger partial charge is 0.508 e. The molecule has 3 unspecified atom stereocenters. The van der Waals surface area contributed by atoms with Crippen molar-refractivity contribution in [2.45, 2.75) is 25.2 Å². The Bertz CT molecular complexity index is 630. The molecule has 3 heteroatoms. The molecule has 0 spiro atoms. The van der Waals surface area contributed by atoms with Crippen LogP contribution in [0.25, 0.3) is 5.57 Å². The number of allylic oxidation sites excluding steroid dienone is 2. The monoisotopic (exact) mass is 283 g/mol. The minimum atomic E-state index is 0.342. The van der Waals surface area contributed by atoms with Gasteiger partial charge in [0.2, 0.25) is 0 Å². The van der Waals surface area contributed by atoms with Crippen molar-refractivity contribution < 1.29 is 5.11 Å². The summed E-state index contributed by atoms with van der Waals surface area (Å²) in [6.45, 7) is 0. The van der Waals surface area contributed by atoms with Crippen molar-refractivity contribution >= 4 is 16.9 Å². The number of hydrogen-bond acceptors (Lipinski definition) is 3. The van der Waals surface area contributed by atoms with Gasteiger partial charge in [-0.1, -0.05) is 24.6 Å². The van der Waals surface area contributed by atoms with Gasteiger partial charge >= 0.3 is 0 Å². The number of phenols is 1. The smallest absolute Gasteiger partial charge is 0.119 e. The normalized spacial score (nSPS) is 28.4. The molecule has 1 aromatic heterocycles. The lowest BCUT2D eigenvalue weighted by atomic mass is 9.82. The summed E-state index contributed by atoms with van der Waals surface area (Å²) in [5, 5.41) is 12.7. The average Bonchev–Trinajstić information content (AvgIpc) is 3.15. The fourth-order valence-electron chi connectivity index (χ4n) is 3.88. The first-order chi connectivity index (χ1) is 9.83. The van der Waals surface area contributed by atoms with Crippen LogP contribution in [0, 0.1) is 11.8 Å². The van der Waals surface area contributed by atoms with E-state index in [9.17, 15) is 5.11 Å². The molecule has 102 valence electrons. The van der Waals surface area contributed by atoms with Crippen LogP contribution in [0.3, 0.4) is 0 Å². The number of rotatable bonds is 2. The third-order valence-electron chi connectivity index (χ3n) is 4.71. The van der Waals surface area contributed by atoms with Crippen LogP contribution in [-0.2, 0) is 0 Å². The highest BCUT2D eigenvalue weighted by Crippen LogP contribution is 2.54. The standard InChI is InChI=1S/C17H17NOS/c19-13-6-4-11(5-7-13)16-14-3-1-2-12(14)10-15(16)17-18-8-9-20-17/h4-10,12,14,16,19H,1-3H2. The summed E-state index contributed by atoms with van der Waals surface area (Å²) in [6.07, 6.45) is 8.32. The van der Waals surface area contributed by atoms with Crippen molar-refractivity contribution in [3.8, 4) is 5.75 Å². The summed E-state index contributed by atoms with van der Waals surface area (Å²) >= 11 is 1.73. The quantitative estimate of drug-likeness (QED) is 0.883. The van der Waals surface area contributed by atoms with E-state index in [0.717, 1.165) is 10.9 Å². The van der Waals surface area contributed by atoms with E-state index < -0.39 is 0 Å². The minimum Gasteiger partial charge on any atom is -0.508 e. The zero-order chi connectivity index (χ0) is 13.5. The fourth-order valence-corrected chi connectivity index (χ4v) is 4.59. The van der Waals surface area contributed by atoms with Gasteiger partial charge in [-0.2, -0.15) is 0 Å². The van der Waals surface area contributed by atoms with Gasteiger partial charge in [0.1, 0.15) is 10.8 Å². The molecule has 2 aromatic rings. The maximum atomic E-state index is 9.51. The molecule has 1 saturated carbocycles. The van der Waals surface area contributed by atoms with Crippen LogP contribution in [0.1, 0.15) is 35.8 Å². The van der Waals surface area contributed by atoms with Crippen molar-refractivity contribution in [3.63, 3.8) is 0 Å². The Morgan fingerprint density at radius 3 is 2.75 bits per heavy atom. The Labute approximate surface area is 122 Å². The van der Waals surface area contributed by atoms with Crippen LogP contribution in [-0.4, -0.2) is 10.1 Å². The molecular formula is C17H17NOS. The van der Waals surface area contributed by atoms with E-state index in [4.69, 9.17) is 0 Å². The van der Waals surface area contributed by atoms with Crippen LogP contribution >= 0.6 is 11.3 Å². The van der Waals surface area contributed by atoms with Gasteiger partial charge in [-0.3, -0.25) is 0 Å². The van der Waals surface area contributed by atoms with Crippen molar-refractivity contribution in [2.24, 2.45) is 11.8 Å². The van der Waals surface area contributed by atoms with Gasteiger partial charge < -0.3 is 5.11 Å².